The van der Waals surface area contributed by atoms with E-state index in [1.165, 1.54) is 6.07 Å². The van der Waals surface area contributed by atoms with Gasteiger partial charge in [-0.05, 0) is 35.2 Å². The van der Waals surface area contributed by atoms with Gasteiger partial charge in [0.15, 0.2) is 0 Å². The summed E-state index contributed by atoms with van der Waals surface area (Å²) in [5.41, 5.74) is 2.93. The van der Waals surface area contributed by atoms with Crippen LogP contribution >= 0.6 is 11.6 Å². The maximum absolute atomic E-state index is 13.8. The lowest BCUT2D eigenvalue weighted by molar-refractivity contribution is 0.229. The smallest absolute Gasteiger partial charge is 0.142 e. The number of aliphatic hydroxyl groups excluding tert-OH is 1. The van der Waals surface area contributed by atoms with Crippen molar-refractivity contribution in [2.75, 3.05) is 6.61 Å². The second-order valence-corrected chi connectivity index (χ2v) is 5.47. The monoisotopic (exact) mass is 291 g/mol. The Hall–Kier alpha value is -1.42. The van der Waals surface area contributed by atoms with E-state index in [-0.39, 0.29) is 23.7 Å². The predicted octanol–water partition coefficient (Wildman–Crippen LogP) is 3.08. The Morgan fingerprint density at radius 3 is 2.70 bits per heavy atom. The molecule has 0 radical (unpaired) electrons. The lowest BCUT2D eigenvalue weighted by Crippen LogP contribution is -2.42. The number of halogens is 2. The van der Waals surface area contributed by atoms with Gasteiger partial charge in [-0.1, -0.05) is 41.9 Å². The number of fused-ring (bicyclic) bond motifs is 1. The first-order valence-corrected chi connectivity index (χ1v) is 6.96. The van der Waals surface area contributed by atoms with Crippen molar-refractivity contribution >= 4 is 11.6 Å². The van der Waals surface area contributed by atoms with Gasteiger partial charge in [0.25, 0.3) is 0 Å². The molecule has 2 nitrogen and oxygen atoms in total. The summed E-state index contributed by atoms with van der Waals surface area (Å²) >= 11 is 5.87. The average Bonchev–Trinajstić information content (AvgIpc) is 2.48. The van der Waals surface area contributed by atoms with Gasteiger partial charge in [0.2, 0.25) is 0 Å². The largest absolute Gasteiger partial charge is 0.395 e. The lowest BCUT2D eigenvalue weighted by atomic mass is 9.87. The first-order valence-electron chi connectivity index (χ1n) is 6.58. The molecule has 2 N–H and O–H groups in total. The Morgan fingerprint density at radius 1 is 1.25 bits per heavy atom. The molecule has 1 aliphatic heterocycles. The highest BCUT2D eigenvalue weighted by Gasteiger charge is 2.28. The minimum Gasteiger partial charge on any atom is -0.395 e. The molecule has 2 atom stereocenters. The van der Waals surface area contributed by atoms with Crippen LogP contribution in [0.1, 0.15) is 22.7 Å². The third-order valence-corrected chi connectivity index (χ3v) is 4.00. The van der Waals surface area contributed by atoms with Gasteiger partial charge in [-0.3, -0.25) is 0 Å². The van der Waals surface area contributed by atoms with Gasteiger partial charge >= 0.3 is 0 Å². The van der Waals surface area contributed by atoms with E-state index in [9.17, 15) is 9.50 Å². The van der Waals surface area contributed by atoms with Gasteiger partial charge in [-0.2, -0.15) is 0 Å². The molecule has 0 bridgehead atoms. The highest BCUT2D eigenvalue weighted by atomic mass is 35.5. The number of benzene rings is 2. The van der Waals surface area contributed by atoms with Crippen molar-refractivity contribution in [1.29, 1.82) is 0 Å². The molecule has 104 valence electrons. The van der Waals surface area contributed by atoms with Gasteiger partial charge in [0.1, 0.15) is 5.82 Å². The van der Waals surface area contributed by atoms with Gasteiger partial charge in [-0.15, -0.1) is 0 Å². The fourth-order valence-corrected chi connectivity index (χ4v) is 2.92. The Labute approximate surface area is 122 Å². The van der Waals surface area contributed by atoms with Crippen LogP contribution in [0, 0.1) is 5.82 Å². The van der Waals surface area contributed by atoms with Crippen LogP contribution in [0.15, 0.2) is 42.5 Å². The van der Waals surface area contributed by atoms with Crippen LogP contribution in [0.5, 0.6) is 0 Å². The van der Waals surface area contributed by atoms with E-state index in [4.69, 9.17) is 11.6 Å². The third-order valence-electron chi connectivity index (χ3n) is 3.72. The third kappa shape index (κ3) is 2.44. The molecule has 0 spiro atoms. The zero-order chi connectivity index (χ0) is 14.1. The topological polar surface area (TPSA) is 32.3 Å². The summed E-state index contributed by atoms with van der Waals surface area (Å²) in [6, 6.07) is 12.8. The molecule has 3 rings (SSSR count). The van der Waals surface area contributed by atoms with E-state index in [0.29, 0.717) is 6.42 Å². The number of nitrogens with one attached hydrogen (secondary N) is 1. The van der Waals surface area contributed by atoms with Crippen LogP contribution in [0.25, 0.3) is 0 Å². The SMILES string of the molecule is OC[C@@H]1Cc2cc(Cl)c(F)cc2[C@H](c2ccccc2)N1. The van der Waals surface area contributed by atoms with Gasteiger partial charge in [0.05, 0.1) is 17.7 Å². The standard InChI is InChI=1S/C16H15ClFNO/c17-14-7-11-6-12(9-20)19-16(13(11)8-15(14)18)10-4-2-1-3-5-10/h1-5,7-8,12,16,19-20H,6,9H2/t12-,16-/m0/s1. The number of hydrogen-bond acceptors (Lipinski definition) is 2. The maximum Gasteiger partial charge on any atom is 0.142 e. The Kier molecular flexibility index (Phi) is 3.74. The van der Waals surface area contributed by atoms with Crippen LogP contribution in [0.4, 0.5) is 4.39 Å². The second kappa shape index (κ2) is 5.52. The molecule has 2 aromatic rings. The second-order valence-electron chi connectivity index (χ2n) is 5.06. The van der Waals surface area contributed by atoms with E-state index < -0.39 is 5.82 Å². The number of aliphatic hydroxyl groups is 1. The molecular formula is C16H15ClFNO. The molecule has 0 amide bonds. The summed E-state index contributed by atoms with van der Waals surface area (Å²) < 4.78 is 13.8. The van der Waals surface area contributed by atoms with Crippen molar-refractivity contribution in [2.24, 2.45) is 0 Å². The average molecular weight is 292 g/mol. The molecule has 0 fully saturated rings. The molecule has 20 heavy (non-hydrogen) atoms. The minimum absolute atomic E-state index is 0.0395. The minimum atomic E-state index is -0.407. The van der Waals surface area contributed by atoms with Crippen LogP contribution in [0.3, 0.4) is 0 Å². The van der Waals surface area contributed by atoms with Crippen LogP contribution < -0.4 is 5.32 Å². The van der Waals surface area contributed by atoms with Crippen LogP contribution in [-0.4, -0.2) is 17.8 Å². The molecule has 0 saturated carbocycles. The van der Waals surface area contributed by atoms with E-state index in [1.54, 1.807) is 6.07 Å². The molecule has 2 aromatic carbocycles. The number of rotatable bonds is 2. The molecule has 0 aliphatic carbocycles. The molecule has 0 saturated heterocycles. The zero-order valence-corrected chi connectivity index (χ0v) is 11.6. The Balaban J connectivity index is 2.10. The van der Waals surface area contributed by atoms with Crippen molar-refractivity contribution < 1.29 is 9.50 Å². The predicted molar refractivity (Wildman–Crippen MR) is 77.4 cm³/mol. The van der Waals surface area contributed by atoms with Crippen LogP contribution in [-0.2, 0) is 6.42 Å². The van der Waals surface area contributed by atoms with Gasteiger partial charge in [-0.25, -0.2) is 4.39 Å². The van der Waals surface area contributed by atoms with E-state index in [2.05, 4.69) is 5.32 Å². The Bertz CT molecular complexity index is 617. The zero-order valence-electron chi connectivity index (χ0n) is 10.8. The fourth-order valence-electron chi connectivity index (χ4n) is 2.74. The molecule has 0 unspecified atom stereocenters. The summed E-state index contributed by atoms with van der Waals surface area (Å²) in [5.74, 6) is -0.407. The maximum atomic E-state index is 13.8. The first kappa shape index (κ1) is 13.6. The Morgan fingerprint density at radius 2 is 2.00 bits per heavy atom. The summed E-state index contributed by atoms with van der Waals surface area (Å²) in [5, 5.41) is 12.9. The molecular weight excluding hydrogens is 277 g/mol. The lowest BCUT2D eigenvalue weighted by Gasteiger charge is -2.33. The fraction of sp³-hybridized carbons (Fsp3) is 0.250. The highest BCUT2D eigenvalue weighted by Crippen LogP contribution is 2.33. The molecule has 1 heterocycles. The summed E-state index contributed by atoms with van der Waals surface area (Å²) in [7, 11) is 0. The van der Waals surface area contributed by atoms with Gasteiger partial charge in [0, 0.05) is 6.04 Å². The summed E-state index contributed by atoms with van der Waals surface area (Å²) in [6.45, 7) is 0.0395. The van der Waals surface area contributed by atoms with E-state index in [1.807, 2.05) is 30.3 Å². The summed E-state index contributed by atoms with van der Waals surface area (Å²) in [4.78, 5) is 0. The highest BCUT2D eigenvalue weighted by molar-refractivity contribution is 6.30. The van der Waals surface area contributed by atoms with Crippen molar-refractivity contribution in [2.45, 2.75) is 18.5 Å². The van der Waals surface area contributed by atoms with E-state index >= 15 is 0 Å². The quantitative estimate of drug-likeness (QED) is 0.891. The van der Waals surface area contributed by atoms with Crippen molar-refractivity contribution in [3.05, 3.63) is 70.0 Å². The van der Waals surface area contributed by atoms with E-state index in [0.717, 1.165) is 16.7 Å². The first-order chi connectivity index (χ1) is 9.69. The van der Waals surface area contributed by atoms with Crippen molar-refractivity contribution in [1.82, 2.24) is 5.32 Å². The van der Waals surface area contributed by atoms with Crippen molar-refractivity contribution in [3.8, 4) is 0 Å². The number of hydrogen-bond donors (Lipinski definition) is 2. The molecule has 1 aliphatic rings. The summed E-state index contributed by atoms with van der Waals surface area (Å²) in [6.07, 6.45) is 0.648. The molecule has 4 heteroatoms. The normalized spacial score (nSPS) is 21.6. The molecule has 0 aromatic heterocycles. The van der Waals surface area contributed by atoms with Gasteiger partial charge < -0.3 is 10.4 Å². The van der Waals surface area contributed by atoms with Crippen molar-refractivity contribution in [3.63, 3.8) is 0 Å². The van der Waals surface area contributed by atoms with Crippen LogP contribution in [0.2, 0.25) is 5.02 Å².